The number of rotatable bonds is 4. The summed E-state index contributed by atoms with van der Waals surface area (Å²) in [4.78, 5) is 34.1. The number of hydrogen-bond donors (Lipinski definition) is 1. The molecule has 25 heavy (non-hydrogen) atoms. The Hall–Kier alpha value is -3.62. The molecule has 9 heteroatoms. The summed E-state index contributed by atoms with van der Waals surface area (Å²) >= 11 is 0. The van der Waals surface area contributed by atoms with Crippen LogP contribution in [0, 0.1) is 10.1 Å². The van der Waals surface area contributed by atoms with Crippen molar-refractivity contribution in [3.8, 4) is 17.2 Å². The molecule has 1 N–H and O–H groups in total. The van der Waals surface area contributed by atoms with Gasteiger partial charge in [0.05, 0.1) is 17.7 Å². The van der Waals surface area contributed by atoms with E-state index in [2.05, 4.69) is 5.32 Å². The average molecular weight is 344 g/mol. The van der Waals surface area contributed by atoms with Gasteiger partial charge in [0.2, 0.25) is 0 Å². The smallest absolute Gasteiger partial charge is 0.350 e. The molecule has 2 aromatic rings. The highest BCUT2D eigenvalue weighted by molar-refractivity contribution is 5.97. The lowest BCUT2D eigenvalue weighted by Crippen LogP contribution is -2.25. The van der Waals surface area contributed by atoms with Crippen LogP contribution in [0.3, 0.4) is 0 Å². The third kappa shape index (κ3) is 3.34. The van der Waals surface area contributed by atoms with E-state index >= 15 is 0 Å². The Morgan fingerprint density at radius 3 is 2.72 bits per heavy atom. The number of carbonyl (C=O) groups excluding carboxylic acids is 2. The normalized spacial score (nSPS) is 12.4. The van der Waals surface area contributed by atoms with Gasteiger partial charge in [-0.15, -0.1) is 0 Å². The Labute approximate surface area is 141 Å². The summed E-state index contributed by atoms with van der Waals surface area (Å²) in [6.07, 6.45) is 0. The highest BCUT2D eigenvalue weighted by atomic mass is 16.6. The minimum atomic E-state index is -0.923. The SMILES string of the molecule is COc1ccc([N+](=O)[O-])c(C(=O)Oc2ccc3c(c2)NC(=O)CO3)c1. The van der Waals surface area contributed by atoms with Gasteiger partial charge in [0, 0.05) is 18.2 Å². The number of nitrogens with one attached hydrogen (secondary N) is 1. The third-order valence-electron chi connectivity index (χ3n) is 3.41. The summed E-state index contributed by atoms with van der Waals surface area (Å²) in [5.41, 5.74) is -0.301. The van der Waals surface area contributed by atoms with Crippen molar-refractivity contribution in [3.05, 3.63) is 52.1 Å². The zero-order valence-electron chi connectivity index (χ0n) is 13.0. The summed E-state index contributed by atoms with van der Waals surface area (Å²) in [5.74, 6) is -0.435. The number of methoxy groups -OCH3 is 1. The first-order valence-electron chi connectivity index (χ1n) is 7.09. The molecule has 0 fully saturated rings. The van der Waals surface area contributed by atoms with Gasteiger partial charge in [-0.25, -0.2) is 4.79 Å². The molecule has 0 unspecified atom stereocenters. The zero-order valence-corrected chi connectivity index (χ0v) is 13.0. The molecule has 0 bridgehead atoms. The number of fused-ring (bicyclic) bond motifs is 1. The molecule has 3 rings (SSSR count). The number of amides is 1. The maximum Gasteiger partial charge on any atom is 0.350 e. The standard InChI is InChI=1S/C16H12N2O7/c1-23-9-2-4-13(18(21)22)11(6-9)16(20)25-10-3-5-14-12(7-10)17-15(19)8-24-14/h2-7H,8H2,1H3,(H,17,19). The van der Waals surface area contributed by atoms with Crippen molar-refractivity contribution in [1.82, 2.24) is 0 Å². The van der Waals surface area contributed by atoms with Crippen LogP contribution in [0.4, 0.5) is 11.4 Å². The van der Waals surface area contributed by atoms with Gasteiger partial charge >= 0.3 is 5.97 Å². The predicted octanol–water partition coefficient (Wildman–Crippen LogP) is 2.15. The molecule has 1 aliphatic rings. The Morgan fingerprint density at radius 1 is 1.24 bits per heavy atom. The molecular formula is C16H12N2O7. The summed E-state index contributed by atoms with van der Waals surface area (Å²) in [7, 11) is 1.38. The minimum absolute atomic E-state index is 0.0951. The molecule has 0 atom stereocenters. The first-order valence-corrected chi connectivity index (χ1v) is 7.09. The van der Waals surface area contributed by atoms with Gasteiger partial charge in [0.1, 0.15) is 22.8 Å². The lowest BCUT2D eigenvalue weighted by Gasteiger charge is -2.18. The fourth-order valence-electron chi connectivity index (χ4n) is 2.25. The molecule has 0 saturated carbocycles. The van der Waals surface area contributed by atoms with Gasteiger partial charge in [0.15, 0.2) is 6.61 Å². The Morgan fingerprint density at radius 2 is 2.00 bits per heavy atom. The molecule has 0 saturated heterocycles. The Balaban J connectivity index is 1.89. The van der Waals surface area contributed by atoms with Crippen molar-refractivity contribution in [3.63, 3.8) is 0 Å². The second-order valence-electron chi connectivity index (χ2n) is 5.02. The summed E-state index contributed by atoms with van der Waals surface area (Å²) in [5, 5.41) is 13.7. The number of nitrogens with zero attached hydrogens (tertiary/aromatic N) is 1. The number of anilines is 1. The van der Waals surface area contributed by atoms with E-state index in [1.54, 1.807) is 0 Å². The van der Waals surface area contributed by atoms with Crippen molar-refractivity contribution in [2.24, 2.45) is 0 Å². The first-order chi connectivity index (χ1) is 12.0. The summed E-state index contributed by atoms with van der Waals surface area (Å²) < 4.78 is 15.4. The zero-order chi connectivity index (χ0) is 18.0. The first kappa shape index (κ1) is 16.2. The van der Waals surface area contributed by atoms with Crippen molar-refractivity contribution < 1.29 is 28.7 Å². The van der Waals surface area contributed by atoms with Crippen LogP contribution in [0.25, 0.3) is 0 Å². The summed E-state index contributed by atoms with van der Waals surface area (Å²) in [6, 6.07) is 8.15. The molecular weight excluding hydrogens is 332 g/mol. The molecule has 9 nitrogen and oxygen atoms in total. The second-order valence-corrected chi connectivity index (χ2v) is 5.02. The monoisotopic (exact) mass is 344 g/mol. The van der Waals surface area contributed by atoms with Gasteiger partial charge in [0.25, 0.3) is 11.6 Å². The molecule has 1 amide bonds. The van der Waals surface area contributed by atoms with E-state index in [-0.39, 0.29) is 29.6 Å². The largest absolute Gasteiger partial charge is 0.497 e. The van der Waals surface area contributed by atoms with E-state index in [1.807, 2.05) is 0 Å². The van der Waals surface area contributed by atoms with E-state index in [4.69, 9.17) is 14.2 Å². The number of ether oxygens (including phenoxy) is 3. The number of benzene rings is 2. The van der Waals surface area contributed by atoms with Crippen LogP contribution in [-0.2, 0) is 4.79 Å². The number of nitro benzene ring substituents is 1. The quantitative estimate of drug-likeness (QED) is 0.391. The number of esters is 1. The maximum absolute atomic E-state index is 12.3. The molecule has 1 heterocycles. The summed E-state index contributed by atoms with van der Waals surface area (Å²) in [6.45, 7) is -0.0951. The molecule has 2 aromatic carbocycles. The van der Waals surface area contributed by atoms with Gasteiger partial charge < -0.3 is 19.5 Å². The topological polar surface area (TPSA) is 117 Å². The molecule has 0 radical (unpaired) electrons. The molecule has 128 valence electrons. The van der Waals surface area contributed by atoms with Crippen LogP contribution >= 0.6 is 0 Å². The van der Waals surface area contributed by atoms with E-state index in [0.717, 1.165) is 6.07 Å². The van der Waals surface area contributed by atoms with Gasteiger partial charge in [-0.3, -0.25) is 14.9 Å². The molecule has 0 spiro atoms. The number of hydrogen-bond acceptors (Lipinski definition) is 7. The van der Waals surface area contributed by atoms with E-state index in [1.165, 1.54) is 37.4 Å². The molecule has 0 aliphatic carbocycles. The van der Waals surface area contributed by atoms with E-state index < -0.39 is 16.6 Å². The average Bonchev–Trinajstić information content (AvgIpc) is 2.60. The van der Waals surface area contributed by atoms with Crippen LogP contribution in [0.15, 0.2) is 36.4 Å². The van der Waals surface area contributed by atoms with E-state index in [9.17, 15) is 19.7 Å². The third-order valence-corrected chi connectivity index (χ3v) is 3.41. The minimum Gasteiger partial charge on any atom is -0.497 e. The fourth-order valence-corrected chi connectivity index (χ4v) is 2.25. The van der Waals surface area contributed by atoms with Crippen molar-refractivity contribution in [2.75, 3.05) is 19.0 Å². The van der Waals surface area contributed by atoms with Crippen LogP contribution in [-0.4, -0.2) is 30.5 Å². The van der Waals surface area contributed by atoms with Gasteiger partial charge in [-0.2, -0.15) is 0 Å². The van der Waals surface area contributed by atoms with Crippen molar-refractivity contribution in [1.29, 1.82) is 0 Å². The fraction of sp³-hybridized carbons (Fsp3) is 0.125. The van der Waals surface area contributed by atoms with Crippen LogP contribution in [0.2, 0.25) is 0 Å². The molecule has 0 aromatic heterocycles. The van der Waals surface area contributed by atoms with Gasteiger partial charge in [-0.1, -0.05) is 0 Å². The van der Waals surface area contributed by atoms with E-state index in [0.29, 0.717) is 11.4 Å². The van der Waals surface area contributed by atoms with Crippen LogP contribution < -0.4 is 19.5 Å². The highest BCUT2D eigenvalue weighted by Gasteiger charge is 2.24. The van der Waals surface area contributed by atoms with Gasteiger partial charge in [-0.05, 0) is 18.2 Å². The predicted molar refractivity (Wildman–Crippen MR) is 85.2 cm³/mol. The van der Waals surface area contributed by atoms with Crippen LogP contribution in [0.1, 0.15) is 10.4 Å². The Bertz CT molecular complexity index is 879. The highest BCUT2D eigenvalue weighted by Crippen LogP contribution is 2.32. The molecule has 1 aliphatic heterocycles. The van der Waals surface area contributed by atoms with Crippen LogP contribution in [0.5, 0.6) is 17.2 Å². The van der Waals surface area contributed by atoms with Crippen molar-refractivity contribution >= 4 is 23.3 Å². The maximum atomic E-state index is 12.3. The lowest BCUT2D eigenvalue weighted by atomic mass is 10.1. The number of nitro groups is 1. The lowest BCUT2D eigenvalue weighted by molar-refractivity contribution is -0.385. The number of carbonyl (C=O) groups is 2. The van der Waals surface area contributed by atoms with Crippen molar-refractivity contribution in [2.45, 2.75) is 0 Å². The Kier molecular flexibility index (Phi) is 4.21. The second kappa shape index (κ2) is 6.48.